The van der Waals surface area contributed by atoms with Crippen molar-refractivity contribution in [3.63, 3.8) is 0 Å². The highest BCUT2D eigenvalue weighted by Crippen LogP contribution is 2.46. The van der Waals surface area contributed by atoms with Crippen LogP contribution in [0.4, 0.5) is 8.78 Å². The second-order valence-corrected chi connectivity index (χ2v) is 21.6. The third-order valence-electron chi connectivity index (χ3n) is 15.2. The Hall–Kier alpha value is -8.90. The van der Waals surface area contributed by atoms with Gasteiger partial charge in [0.15, 0.2) is 11.6 Å². The number of hydrogen-bond acceptors (Lipinski definition) is 10. The normalized spacial score (nSPS) is 11.3. The summed E-state index contributed by atoms with van der Waals surface area (Å²) in [4.78, 5) is 17.8. The van der Waals surface area contributed by atoms with Crippen molar-refractivity contribution in [1.82, 2.24) is 19.9 Å². The molecule has 0 fully saturated rings. The first-order valence-corrected chi connectivity index (χ1v) is 30.7. The molecule has 0 aliphatic rings. The van der Waals surface area contributed by atoms with Crippen LogP contribution in [0.2, 0.25) is 0 Å². The first-order chi connectivity index (χ1) is 42.4. The number of rotatable bonds is 33. The topological polar surface area (TPSA) is 107 Å². The van der Waals surface area contributed by atoms with Crippen molar-refractivity contribution < 1.29 is 37.2 Å². The highest BCUT2D eigenvalue weighted by molar-refractivity contribution is 6.09. The molecule has 0 radical (unpaired) electrons. The second kappa shape index (κ2) is 31.3. The Morgan fingerprint density at radius 2 is 0.651 bits per heavy atom. The number of fused-ring (bicyclic) bond motifs is 2. The van der Waals surface area contributed by atoms with E-state index in [1.807, 2.05) is 48.5 Å². The maximum Gasteiger partial charge on any atom is 0.162 e. The molecule has 10 nitrogen and oxygen atoms in total. The van der Waals surface area contributed by atoms with E-state index in [1.165, 1.54) is 12.1 Å². The summed E-state index contributed by atoms with van der Waals surface area (Å²) in [6.07, 6.45) is 21.0. The number of halogens is 2. The van der Waals surface area contributed by atoms with Crippen LogP contribution >= 0.6 is 0 Å². The van der Waals surface area contributed by atoms with E-state index in [1.54, 1.807) is 49.1 Å². The van der Waals surface area contributed by atoms with Gasteiger partial charge in [0.05, 0.1) is 50.8 Å². The van der Waals surface area contributed by atoms with Crippen LogP contribution in [0, 0.1) is 11.6 Å². The third-order valence-corrected chi connectivity index (χ3v) is 15.2. The molecule has 2 aromatic heterocycles. The van der Waals surface area contributed by atoms with E-state index in [0.29, 0.717) is 73.9 Å². The van der Waals surface area contributed by atoms with Crippen molar-refractivity contribution in [3.05, 3.63) is 194 Å². The Kier molecular flexibility index (Phi) is 21.9. The minimum atomic E-state index is -0.408. The molecule has 442 valence electrons. The second-order valence-electron chi connectivity index (χ2n) is 21.6. The Bertz CT molecular complexity index is 3490. The van der Waals surface area contributed by atoms with E-state index in [0.717, 1.165) is 168 Å². The number of aromatic nitrogens is 4. The number of ether oxygens (including phenoxy) is 6. The molecule has 0 unspecified atom stereocenters. The molecule has 0 aliphatic heterocycles. The molecule has 0 amide bonds. The maximum atomic E-state index is 14.9. The molecule has 10 rings (SSSR count). The first-order valence-electron chi connectivity index (χ1n) is 30.7. The van der Waals surface area contributed by atoms with Crippen molar-refractivity contribution >= 4 is 21.5 Å². The molecule has 10 aromatic rings. The molecule has 0 saturated heterocycles. The van der Waals surface area contributed by atoms with Gasteiger partial charge >= 0.3 is 0 Å². The summed E-state index contributed by atoms with van der Waals surface area (Å²) in [5, 5.41) is 4.58. The lowest BCUT2D eigenvalue weighted by Gasteiger charge is -2.20. The standard InChI is InChI=1S/C74H76F2N4O6/c1-3-5-41-83-61-35-37-65(67(75)47-61)73-77-49-57(50-78-73)53-25-31-59(32-26-53)81-43-17-9-7-11-19-45-85-69-39-29-55-21-13-15-23-63(55)71(69)72-64-24-16-14-22-56(64)30-40-70(72)86-46-20-12-8-10-18-44-82-60-33-27-54(28-34-60)58-51-79-74(80-52-58)66-38-36-62(48-68(66)76)84-42-6-4-2/h13-16,21-40,47-52H,3-12,17-20,41-46H2,1-2H3. The monoisotopic (exact) mass is 1150 g/mol. The minimum Gasteiger partial charge on any atom is -0.494 e. The Morgan fingerprint density at radius 1 is 0.314 bits per heavy atom. The summed E-state index contributed by atoms with van der Waals surface area (Å²) in [7, 11) is 0. The zero-order valence-electron chi connectivity index (χ0n) is 49.5. The SMILES string of the molecule is CCCCOc1ccc(-c2ncc(-c3ccc(OCCCCCCCOc4ccc5ccccc5c4-c4c(OCCCCCCCOc5ccc(-c6cnc(-c7ccc(OCCCC)cc7F)nc6)cc5)ccc5ccccc45)cc3)cn2)c(F)c1. The van der Waals surface area contributed by atoms with Crippen LogP contribution < -0.4 is 28.4 Å². The lowest BCUT2D eigenvalue weighted by Crippen LogP contribution is -2.03. The predicted molar refractivity (Wildman–Crippen MR) is 342 cm³/mol. The summed E-state index contributed by atoms with van der Waals surface area (Å²) in [6, 6.07) is 51.1. The first kappa shape index (κ1) is 60.2. The van der Waals surface area contributed by atoms with Gasteiger partial charge in [-0.2, -0.15) is 0 Å². The quantitative estimate of drug-likeness (QED) is 0.0369. The molecule has 0 atom stereocenters. The summed E-state index contributed by atoms with van der Waals surface area (Å²) in [5.74, 6) is 4.21. The van der Waals surface area contributed by atoms with Crippen LogP contribution in [0.3, 0.4) is 0 Å². The fraction of sp³-hybridized carbons (Fsp3) is 0.297. The summed E-state index contributed by atoms with van der Waals surface area (Å²) in [6.45, 7) is 7.81. The van der Waals surface area contributed by atoms with Crippen molar-refractivity contribution in [2.45, 2.75) is 104 Å². The highest BCUT2D eigenvalue weighted by atomic mass is 19.1. The molecular weight excluding hydrogens is 1080 g/mol. The molecule has 0 aliphatic carbocycles. The average molecular weight is 1160 g/mol. The smallest absolute Gasteiger partial charge is 0.162 e. The van der Waals surface area contributed by atoms with Crippen LogP contribution in [0.25, 0.3) is 77.7 Å². The molecule has 0 bridgehead atoms. The van der Waals surface area contributed by atoms with Crippen LogP contribution in [0.15, 0.2) is 183 Å². The average Bonchev–Trinajstić information content (AvgIpc) is 1.27. The van der Waals surface area contributed by atoms with Crippen molar-refractivity contribution in [2.75, 3.05) is 39.6 Å². The van der Waals surface area contributed by atoms with Gasteiger partial charge in [-0.25, -0.2) is 28.7 Å². The number of benzene rings is 8. The Balaban J connectivity index is 0.645. The van der Waals surface area contributed by atoms with Gasteiger partial charge < -0.3 is 28.4 Å². The van der Waals surface area contributed by atoms with Crippen molar-refractivity contribution in [2.24, 2.45) is 0 Å². The number of hydrogen-bond donors (Lipinski definition) is 0. The fourth-order valence-corrected chi connectivity index (χ4v) is 10.4. The number of nitrogens with zero attached hydrogens (tertiary/aromatic N) is 4. The van der Waals surface area contributed by atoms with E-state index in [4.69, 9.17) is 28.4 Å². The lowest BCUT2D eigenvalue weighted by atomic mass is 9.92. The Labute approximate surface area is 504 Å². The van der Waals surface area contributed by atoms with Crippen molar-refractivity contribution in [3.8, 4) is 90.7 Å². The lowest BCUT2D eigenvalue weighted by molar-refractivity contribution is 0.292. The van der Waals surface area contributed by atoms with Gasteiger partial charge in [0.2, 0.25) is 0 Å². The highest BCUT2D eigenvalue weighted by Gasteiger charge is 2.20. The van der Waals surface area contributed by atoms with E-state index in [2.05, 4.69) is 107 Å². The van der Waals surface area contributed by atoms with E-state index >= 15 is 0 Å². The zero-order chi connectivity index (χ0) is 59.1. The van der Waals surface area contributed by atoms with E-state index in [-0.39, 0.29) is 0 Å². The predicted octanol–water partition coefficient (Wildman–Crippen LogP) is 19.4. The van der Waals surface area contributed by atoms with Crippen molar-refractivity contribution in [1.29, 1.82) is 0 Å². The molecule has 0 saturated carbocycles. The molecular formula is C74H76F2N4O6. The van der Waals surface area contributed by atoms with Gasteiger partial charge in [0.25, 0.3) is 0 Å². The van der Waals surface area contributed by atoms with Crippen LogP contribution in [0.5, 0.6) is 34.5 Å². The van der Waals surface area contributed by atoms with E-state index in [9.17, 15) is 8.78 Å². The third kappa shape index (κ3) is 16.3. The molecule has 0 spiro atoms. The molecule has 0 N–H and O–H groups in total. The summed E-state index contributed by atoms with van der Waals surface area (Å²) < 4.78 is 66.7. The number of unbranched alkanes of at least 4 members (excludes halogenated alkanes) is 10. The fourth-order valence-electron chi connectivity index (χ4n) is 10.4. The zero-order valence-corrected chi connectivity index (χ0v) is 49.5. The van der Waals surface area contributed by atoms with E-state index < -0.39 is 11.6 Å². The van der Waals surface area contributed by atoms with Gasteiger partial charge in [-0.3, -0.25) is 0 Å². The largest absolute Gasteiger partial charge is 0.494 e. The van der Waals surface area contributed by atoms with Gasteiger partial charge in [0, 0.05) is 59.2 Å². The van der Waals surface area contributed by atoms with Gasteiger partial charge in [0.1, 0.15) is 46.1 Å². The van der Waals surface area contributed by atoms with Gasteiger partial charge in [-0.1, -0.05) is 150 Å². The molecule has 8 aromatic carbocycles. The summed E-state index contributed by atoms with van der Waals surface area (Å²) >= 11 is 0. The molecule has 2 heterocycles. The molecule has 12 heteroatoms. The van der Waals surface area contributed by atoms with Crippen LogP contribution in [-0.4, -0.2) is 59.6 Å². The summed E-state index contributed by atoms with van der Waals surface area (Å²) in [5.41, 5.74) is 6.40. The maximum absolute atomic E-state index is 14.9. The Morgan fingerprint density at radius 3 is 1.03 bits per heavy atom. The van der Waals surface area contributed by atoms with Crippen LogP contribution in [0.1, 0.15) is 104 Å². The van der Waals surface area contributed by atoms with Gasteiger partial charge in [-0.15, -0.1) is 0 Å². The minimum absolute atomic E-state index is 0.330. The van der Waals surface area contributed by atoms with Crippen LogP contribution in [-0.2, 0) is 0 Å². The molecule has 86 heavy (non-hydrogen) atoms. The van der Waals surface area contributed by atoms with Gasteiger partial charge in [-0.05, 0) is 132 Å².